The summed E-state index contributed by atoms with van der Waals surface area (Å²) in [4.78, 5) is 29.1. The minimum absolute atomic E-state index is 0.0121. The molecule has 0 spiro atoms. The second-order valence-corrected chi connectivity index (χ2v) is 8.34. The van der Waals surface area contributed by atoms with Crippen molar-refractivity contribution in [2.75, 3.05) is 26.7 Å². The zero-order valence-corrected chi connectivity index (χ0v) is 17.9. The molecule has 2 amide bonds. The topological polar surface area (TPSA) is 70.5 Å². The maximum absolute atomic E-state index is 12.8. The van der Waals surface area contributed by atoms with Crippen LogP contribution in [0.1, 0.15) is 57.1 Å². The van der Waals surface area contributed by atoms with E-state index in [2.05, 4.69) is 43.0 Å². The SMILES string of the molecule is Cc1nn(C(C)C)c(C)c1CN(C)C(=O)CC1C(=O)NCCN1CC(C)C. The first-order chi connectivity index (χ1) is 12.6. The summed E-state index contributed by atoms with van der Waals surface area (Å²) in [5.41, 5.74) is 3.14. The third-order valence-electron chi connectivity index (χ3n) is 5.19. The highest BCUT2D eigenvalue weighted by molar-refractivity contribution is 5.88. The van der Waals surface area contributed by atoms with E-state index in [-0.39, 0.29) is 30.3 Å². The number of nitrogens with zero attached hydrogens (tertiary/aromatic N) is 4. The number of hydrogen-bond donors (Lipinski definition) is 1. The van der Waals surface area contributed by atoms with Gasteiger partial charge in [0.05, 0.1) is 18.2 Å². The molecule has 1 atom stereocenters. The van der Waals surface area contributed by atoms with Crippen LogP contribution in [-0.4, -0.2) is 64.1 Å². The van der Waals surface area contributed by atoms with Gasteiger partial charge in [0.1, 0.15) is 0 Å². The number of hydrogen-bond acceptors (Lipinski definition) is 4. The maximum atomic E-state index is 12.8. The molecule has 27 heavy (non-hydrogen) atoms. The van der Waals surface area contributed by atoms with E-state index in [0.717, 1.165) is 30.0 Å². The summed E-state index contributed by atoms with van der Waals surface area (Å²) in [6.07, 6.45) is 0.214. The zero-order chi connectivity index (χ0) is 20.3. The van der Waals surface area contributed by atoms with Crippen LogP contribution in [0.5, 0.6) is 0 Å². The van der Waals surface area contributed by atoms with Crippen LogP contribution in [0.2, 0.25) is 0 Å². The lowest BCUT2D eigenvalue weighted by molar-refractivity contribution is -0.138. The van der Waals surface area contributed by atoms with Crippen molar-refractivity contribution in [2.24, 2.45) is 5.92 Å². The Morgan fingerprint density at radius 1 is 1.30 bits per heavy atom. The van der Waals surface area contributed by atoms with Crippen molar-refractivity contribution in [3.8, 4) is 0 Å². The Morgan fingerprint density at radius 2 is 1.96 bits per heavy atom. The monoisotopic (exact) mass is 377 g/mol. The van der Waals surface area contributed by atoms with Gasteiger partial charge in [-0.1, -0.05) is 13.8 Å². The van der Waals surface area contributed by atoms with Gasteiger partial charge in [-0.05, 0) is 33.6 Å². The molecule has 0 bridgehead atoms. The number of carbonyl (C=O) groups is 2. The second-order valence-electron chi connectivity index (χ2n) is 8.34. The number of rotatable bonds is 7. The van der Waals surface area contributed by atoms with E-state index in [1.54, 1.807) is 11.9 Å². The fourth-order valence-corrected chi connectivity index (χ4v) is 3.75. The van der Waals surface area contributed by atoms with Crippen molar-refractivity contribution in [2.45, 2.75) is 66.6 Å². The summed E-state index contributed by atoms with van der Waals surface area (Å²) in [7, 11) is 1.81. The second kappa shape index (κ2) is 8.87. The molecule has 1 aromatic heterocycles. The van der Waals surface area contributed by atoms with Crippen molar-refractivity contribution in [3.63, 3.8) is 0 Å². The molecule has 1 N–H and O–H groups in total. The Balaban J connectivity index is 2.07. The number of piperazine rings is 1. The van der Waals surface area contributed by atoms with Gasteiger partial charge in [-0.2, -0.15) is 5.10 Å². The van der Waals surface area contributed by atoms with E-state index in [4.69, 9.17) is 0 Å². The maximum Gasteiger partial charge on any atom is 0.237 e. The average Bonchev–Trinajstić information content (AvgIpc) is 2.85. The highest BCUT2D eigenvalue weighted by atomic mass is 16.2. The number of nitrogens with one attached hydrogen (secondary N) is 1. The highest BCUT2D eigenvalue weighted by Gasteiger charge is 2.32. The smallest absolute Gasteiger partial charge is 0.237 e. The van der Waals surface area contributed by atoms with Crippen LogP contribution in [0, 0.1) is 19.8 Å². The molecule has 2 rings (SSSR count). The van der Waals surface area contributed by atoms with Crippen molar-refractivity contribution >= 4 is 11.8 Å². The first-order valence-corrected chi connectivity index (χ1v) is 9.92. The minimum Gasteiger partial charge on any atom is -0.353 e. The summed E-state index contributed by atoms with van der Waals surface area (Å²) >= 11 is 0. The molecule has 1 aliphatic heterocycles. The predicted molar refractivity (Wildman–Crippen MR) is 106 cm³/mol. The number of carbonyl (C=O) groups excluding carboxylic acids is 2. The largest absolute Gasteiger partial charge is 0.353 e. The number of aryl methyl sites for hydroxylation is 1. The summed E-state index contributed by atoms with van der Waals surface area (Å²) in [5, 5.41) is 7.50. The molecule has 1 saturated heterocycles. The Bertz CT molecular complexity index is 680. The number of aromatic nitrogens is 2. The lowest BCUT2D eigenvalue weighted by Gasteiger charge is -2.36. The predicted octanol–water partition coefficient (Wildman–Crippen LogP) is 1.89. The van der Waals surface area contributed by atoms with Gasteiger partial charge < -0.3 is 10.2 Å². The lowest BCUT2D eigenvalue weighted by atomic mass is 10.1. The average molecular weight is 378 g/mol. The number of amides is 2. The van der Waals surface area contributed by atoms with E-state index in [1.165, 1.54) is 0 Å². The van der Waals surface area contributed by atoms with Gasteiger partial charge in [-0.15, -0.1) is 0 Å². The minimum atomic E-state index is -0.378. The van der Waals surface area contributed by atoms with Crippen LogP contribution in [0.15, 0.2) is 0 Å². The molecule has 1 aliphatic rings. The van der Waals surface area contributed by atoms with Gasteiger partial charge in [-0.3, -0.25) is 19.2 Å². The third-order valence-corrected chi connectivity index (χ3v) is 5.19. The van der Waals surface area contributed by atoms with Gasteiger partial charge in [0.2, 0.25) is 11.8 Å². The van der Waals surface area contributed by atoms with Gasteiger partial charge in [0.25, 0.3) is 0 Å². The Hall–Kier alpha value is -1.89. The molecule has 0 saturated carbocycles. The molecule has 7 nitrogen and oxygen atoms in total. The molecule has 0 radical (unpaired) electrons. The summed E-state index contributed by atoms with van der Waals surface area (Å²) < 4.78 is 2.00. The van der Waals surface area contributed by atoms with Gasteiger partial charge in [-0.25, -0.2) is 0 Å². The standard InChI is InChI=1S/C20H35N5O2/c1-13(2)11-24-9-8-21-20(27)18(24)10-19(26)23(7)12-17-15(5)22-25(14(3)4)16(17)6/h13-14,18H,8-12H2,1-7H3,(H,21,27). The van der Waals surface area contributed by atoms with Crippen molar-refractivity contribution < 1.29 is 9.59 Å². The molecule has 1 unspecified atom stereocenters. The quantitative estimate of drug-likeness (QED) is 0.788. The molecule has 0 aliphatic carbocycles. The fraction of sp³-hybridized carbons (Fsp3) is 0.750. The van der Waals surface area contributed by atoms with Crippen molar-refractivity contribution in [1.82, 2.24) is 24.9 Å². The first kappa shape index (κ1) is 21.4. The van der Waals surface area contributed by atoms with Crippen molar-refractivity contribution in [3.05, 3.63) is 17.0 Å². The van der Waals surface area contributed by atoms with E-state index in [0.29, 0.717) is 19.0 Å². The summed E-state index contributed by atoms with van der Waals surface area (Å²) in [6, 6.07) is -0.0920. The Kier molecular flexibility index (Phi) is 7.03. The first-order valence-electron chi connectivity index (χ1n) is 9.92. The van der Waals surface area contributed by atoms with Crippen LogP contribution in [0.25, 0.3) is 0 Å². The molecule has 0 aromatic carbocycles. The molecular weight excluding hydrogens is 342 g/mol. The molecule has 2 heterocycles. The van der Waals surface area contributed by atoms with Crippen LogP contribution >= 0.6 is 0 Å². The molecule has 152 valence electrons. The molecule has 7 heteroatoms. The molecular formula is C20H35N5O2. The molecule has 1 aromatic rings. The summed E-state index contributed by atoms with van der Waals surface area (Å²) in [6.45, 7) is 15.3. The van der Waals surface area contributed by atoms with Gasteiger partial charge >= 0.3 is 0 Å². The zero-order valence-electron chi connectivity index (χ0n) is 17.9. The van der Waals surface area contributed by atoms with Crippen molar-refractivity contribution in [1.29, 1.82) is 0 Å². The van der Waals surface area contributed by atoms with Crippen LogP contribution in [0.3, 0.4) is 0 Å². The normalized spacial score (nSPS) is 18.3. The van der Waals surface area contributed by atoms with E-state index >= 15 is 0 Å². The van der Waals surface area contributed by atoms with E-state index in [1.807, 2.05) is 18.5 Å². The van der Waals surface area contributed by atoms with Crippen LogP contribution < -0.4 is 5.32 Å². The van der Waals surface area contributed by atoms with Gasteiger partial charge in [0.15, 0.2) is 0 Å². The van der Waals surface area contributed by atoms with Crippen LogP contribution in [-0.2, 0) is 16.1 Å². The fourth-order valence-electron chi connectivity index (χ4n) is 3.75. The lowest BCUT2D eigenvalue weighted by Crippen LogP contribution is -2.57. The highest BCUT2D eigenvalue weighted by Crippen LogP contribution is 2.20. The third kappa shape index (κ3) is 5.09. The van der Waals surface area contributed by atoms with Gasteiger partial charge in [0, 0.05) is 50.5 Å². The molecule has 1 fully saturated rings. The Morgan fingerprint density at radius 3 is 2.52 bits per heavy atom. The Labute approximate surface area is 163 Å². The van der Waals surface area contributed by atoms with E-state index in [9.17, 15) is 9.59 Å². The van der Waals surface area contributed by atoms with Crippen LogP contribution in [0.4, 0.5) is 0 Å². The summed E-state index contributed by atoms with van der Waals surface area (Å²) in [5.74, 6) is 0.406. The van der Waals surface area contributed by atoms with E-state index < -0.39 is 0 Å².